The van der Waals surface area contributed by atoms with E-state index in [9.17, 15) is 9.59 Å². The Morgan fingerprint density at radius 1 is 1.03 bits per heavy atom. The highest BCUT2D eigenvalue weighted by Crippen LogP contribution is 2.32. The molecular weight excluding hydrogens is 398 g/mol. The molecule has 2 aromatic rings. The van der Waals surface area contributed by atoms with Crippen molar-refractivity contribution in [3.05, 3.63) is 53.6 Å². The Kier molecular flexibility index (Phi) is 6.57. The number of nitrogens with one attached hydrogen (secondary N) is 1. The second-order valence-electron chi connectivity index (χ2n) is 7.65. The number of carbonyl (C=O) groups is 2. The average molecular weight is 425 g/mol. The van der Waals surface area contributed by atoms with Gasteiger partial charge in [-0.1, -0.05) is 12.1 Å². The molecule has 2 heterocycles. The molecule has 8 nitrogen and oxygen atoms in total. The number of rotatable bonds is 7. The molecule has 0 radical (unpaired) electrons. The molecule has 2 aromatic carbocycles. The maximum atomic E-state index is 12.4. The fraction of sp³-hybridized carbons (Fsp3) is 0.391. The van der Waals surface area contributed by atoms with Gasteiger partial charge in [0.1, 0.15) is 5.75 Å². The summed E-state index contributed by atoms with van der Waals surface area (Å²) in [5.41, 5.74) is 1.65. The number of hydrogen-bond acceptors (Lipinski definition) is 6. The molecule has 2 aliphatic heterocycles. The third-order valence-electron chi connectivity index (χ3n) is 5.43. The molecule has 1 fully saturated rings. The molecule has 164 valence electrons. The number of carbonyl (C=O) groups excluding carboxylic acids is 2. The van der Waals surface area contributed by atoms with E-state index in [2.05, 4.69) is 10.2 Å². The van der Waals surface area contributed by atoms with Crippen molar-refractivity contribution in [1.82, 2.24) is 15.1 Å². The molecule has 0 spiro atoms. The van der Waals surface area contributed by atoms with Gasteiger partial charge in [0.05, 0.1) is 0 Å². The molecule has 0 aliphatic carbocycles. The quantitative estimate of drug-likeness (QED) is 0.727. The lowest BCUT2D eigenvalue weighted by molar-refractivity contribution is -0.135. The van der Waals surface area contributed by atoms with Crippen LogP contribution in [0.2, 0.25) is 0 Å². The van der Waals surface area contributed by atoms with Gasteiger partial charge in [-0.3, -0.25) is 14.5 Å². The highest BCUT2D eigenvalue weighted by atomic mass is 16.7. The first kappa shape index (κ1) is 21.0. The van der Waals surface area contributed by atoms with Crippen LogP contribution in [0.15, 0.2) is 42.5 Å². The van der Waals surface area contributed by atoms with Crippen molar-refractivity contribution in [2.24, 2.45) is 0 Å². The summed E-state index contributed by atoms with van der Waals surface area (Å²) in [6, 6.07) is 12.9. The minimum absolute atomic E-state index is 0.00253. The van der Waals surface area contributed by atoms with Gasteiger partial charge in [0, 0.05) is 44.8 Å². The summed E-state index contributed by atoms with van der Waals surface area (Å²) in [5, 5.41) is 2.94. The fourth-order valence-corrected chi connectivity index (χ4v) is 3.63. The van der Waals surface area contributed by atoms with Crippen molar-refractivity contribution in [3.8, 4) is 17.2 Å². The van der Waals surface area contributed by atoms with Crippen molar-refractivity contribution in [2.75, 3.05) is 52.7 Å². The lowest BCUT2D eigenvalue weighted by atomic mass is 10.2. The smallest absolute Gasteiger partial charge is 0.260 e. The molecule has 0 aromatic heterocycles. The summed E-state index contributed by atoms with van der Waals surface area (Å²) in [4.78, 5) is 28.8. The minimum Gasteiger partial charge on any atom is -0.484 e. The number of nitrogens with zero attached hydrogens (tertiary/aromatic N) is 2. The van der Waals surface area contributed by atoms with Gasteiger partial charge in [0.2, 0.25) is 6.79 Å². The maximum absolute atomic E-state index is 12.4. The highest BCUT2D eigenvalue weighted by molar-refractivity contribution is 5.94. The normalized spacial score (nSPS) is 15.6. The Balaban J connectivity index is 1.15. The van der Waals surface area contributed by atoms with Gasteiger partial charge in [0.25, 0.3) is 11.8 Å². The predicted molar refractivity (Wildman–Crippen MR) is 115 cm³/mol. The van der Waals surface area contributed by atoms with Crippen LogP contribution < -0.4 is 19.5 Å². The van der Waals surface area contributed by atoms with Crippen molar-refractivity contribution in [2.45, 2.75) is 6.92 Å². The molecule has 0 bridgehead atoms. The van der Waals surface area contributed by atoms with E-state index in [-0.39, 0.29) is 25.2 Å². The van der Waals surface area contributed by atoms with Crippen LogP contribution in [0.4, 0.5) is 0 Å². The van der Waals surface area contributed by atoms with Crippen LogP contribution in [0.3, 0.4) is 0 Å². The number of aryl methyl sites for hydroxylation is 1. The number of benzene rings is 2. The van der Waals surface area contributed by atoms with Crippen LogP contribution in [0.5, 0.6) is 17.2 Å². The summed E-state index contributed by atoms with van der Waals surface area (Å²) < 4.78 is 16.2. The summed E-state index contributed by atoms with van der Waals surface area (Å²) in [6.07, 6.45) is 0. The van der Waals surface area contributed by atoms with Gasteiger partial charge in [-0.25, -0.2) is 0 Å². The molecule has 8 heteroatoms. The molecule has 31 heavy (non-hydrogen) atoms. The van der Waals surface area contributed by atoms with E-state index in [0.29, 0.717) is 42.4 Å². The van der Waals surface area contributed by atoms with E-state index in [1.807, 2.05) is 36.1 Å². The first-order valence-corrected chi connectivity index (χ1v) is 10.5. The van der Waals surface area contributed by atoms with Crippen LogP contribution >= 0.6 is 0 Å². The Bertz CT molecular complexity index is 941. The molecule has 4 rings (SSSR count). The van der Waals surface area contributed by atoms with Gasteiger partial charge >= 0.3 is 0 Å². The van der Waals surface area contributed by atoms with Crippen LogP contribution in [-0.2, 0) is 4.79 Å². The Hall–Kier alpha value is -3.26. The predicted octanol–water partition coefficient (Wildman–Crippen LogP) is 1.68. The Labute approximate surface area is 181 Å². The zero-order valence-corrected chi connectivity index (χ0v) is 17.6. The molecule has 0 unspecified atom stereocenters. The molecule has 0 atom stereocenters. The first-order valence-electron chi connectivity index (χ1n) is 10.5. The summed E-state index contributed by atoms with van der Waals surface area (Å²) in [7, 11) is 0. The number of piperazine rings is 1. The number of ether oxygens (including phenoxy) is 3. The molecule has 2 amide bonds. The topological polar surface area (TPSA) is 80.3 Å². The zero-order valence-electron chi connectivity index (χ0n) is 17.6. The van der Waals surface area contributed by atoms with E-state index in [1.165, 1.54) is 0 Å². The zero-order chi connectivity index (χ0) is 21.6. The second-order valence-corrected chi connectivity index (χ2v) is 7.65. The van der Waals surface area contributed by atoms with Gasteiger partial charge in [-0.05, 0) is 42.8 Å². The molecule has 2 aliphatic rings. The molecule has 1 saturated heterocycles. The standard InChI is InChI=1S/C23H27N3O5/c1-17-3-2-4-19(13-17)29-15-22(27)26-11-9-25(10-12-26)8-7-24-23(28)18-5-6-20-21(14-18)31-16-30-20/h2-6,13-14H,7-12,15-16H2,1H3,(H,24,28). The van der Waals surface area contributed by atoms with Crippen molar-refractivity contribution in [3.63, 3.8) is 0 Å². The second kappa shape index (κ2) is 9.70. The van der Waals surface area contributed by atoms with E-state index >= 15 is 0 Å². The van der Waals surface area contributed by atoms with Gasteiger partial charge in [-0.15, -0.1) is 0 Å². The fourth-order valence-electron chi connectivity index (χ4n) is 3.63. The average Bonchev–Trinajstić information content (AvgIpc) is 3.26. The molecule has 0 saturated carbocycles. The van der Waals surface area contributed by atoms with Crippen LogP contribution in [0, 0.1) is 6.92 Å². The Morgan fingerprint density at radius 3 is 2.65 bits per heavy atom. The van der Waals surface area contributed by atoms with E-state index in [0.717, 1.165) is 25.2 Å². The van der Waals surface area contributed by atoms with Gasteiger partial charge in [0.15, 0.2) is 18.1 Å². The highest BCUT2D eigenvalue weighted by Gasteiger charge is 2.21. The third kappa shape index (κ3) is 5.46. The molecular formula is C23H27N3O5. The summed E-state index contributed by atoms with van der Waals surface area (Å²) in [5.74, 6) is 1.83. The van der Waals surface area contributed by atoms with Crippen LogP contribution in [-0.4, -0.2) is 74.3 Å². The number of hydrogen-bond donors (Lipinski definition) is 1. The lowest BCUT2D eigenvalue weighted by Gasteiger charge is -2.34. The van der Waals surface area contributed by atoms with Crippen molar-refractivity contribution >= 4 is 11.8 Å². The number of amides is 2. The number of fused-ring (bicyclic) bond motifs is 1. The summed E-state index contributed by atoms with van der Waals surface area (Å²) in [6.45, 7) is 6.37. The van der Waals surface area contributed by atoms with Crippen LogP contribution in [0.25, 0.3) is 0 Å². The largest absolute Gasteiger partial charge is 0.484 e. The Morgan fingerprint density at radius 2 is 1.84 bits per heavy atom. The lowest BCUT2D eigenvalue weighted by Crippen LogP contribution is -2.51. The van der Waals surface area contributed by atoms with Gasteiger partial charge < -0.3 is 24.4 Å². The maximum Gasteiger partial charge on any atom is 0.260 e. The third-order valence-corrected chi connectivity index (χ3v) is 5.43. The van der Waals surface area contributed by atoms with E-state index in [1.54, 1.807) is 18.2 Å². The van der Waals surface area contributed by atoms with E-state index < -0.39 is 0 Å². The summed E-state index contributed by atoms with van der Waals surface area (Å²) >= 11 is 0. The van der Waals surface area contributed by atoms with Crippen LogP contribution in [0.1, 0.15) is 15.9 Å². The van der Waals surface area contributed by atoms with Crippen molar-refractivity contribution < 1.29 is 23.8 Å². The van der Waals surface area contributed by atoms with E-state index in [4.69, 9.17) is 14.2 Å². The molecule has 1 N–H and O–H groups in total. The monoisotopic (exact) mass is 425 g/mol. The first-order chi connectivity index (χ1) is 15.1. The van der Waals surface area contributed by atoms with Gasteiger partial charge in [-0.2, -0.15) is 0 Å². The SMILES string of the molecule is Cc1cccc(OCC(=O)N2CCN(CCNC(=O)c3ccc4c(c3)OCO4)CC2)c1. The van der Waals surface area contributed by atoms with Crippen molar-refractivity contribution in [1.29, 1.82) is 0 Å². The minimum atomic E-state index is -0.139.